The van der Waals surface area contributed by atoms with E-state index < -0.39 is 9.84 Å². The average Bonchev–Trinajstić information content (AvgIpc) is 3.29. The fraction of sp³-hybridized carbons (Fsp3) is 0.280. The Labute approximate surface area is 188 Å². The topological polar surface area (TPSA) is 89.2 Å². The second-order valence-corrected chi connectivity index (χ2v) is 10.4. The van der Waals surface area contributed by atoms with Crippen molar-refractivity contribution in [1.29, 1.82) is 5.26 Å². The maximum absolute atomic E-state index is 12.8. The van der Waals surface area contributed by atoms with Crippen molar-refractivity contribution in [2.24, 2.45) is 0 Å². The van der Waals surface area contributed by atoms with E-state index in [1.165, 1.54) is 0 Å². The van der Waals surface area contributed by atoms with Crippen molar-refractivity contribution >= 4 is 15.6 Å². The zero-order chi connectivity index (χ0) is 22.9. The molecule has 1 fully saturated rings. The fourth-order valence-electron chi connectivity index (χ4n) is 4.31. The molecule has 7 heteroatoms. The lowest BCUT2D eigenvalue weighted by atomic mass is 10.0. The number of sulfone groups is 1. The van der Waals surface area contributed by atoms with Crippen LogP contribution in [-0.2, 0) is 9.84 Å². The smallest absolute Gasteiger partial charge is 0.202 e. The number of aromatic nitrogens is 1. The van der Waals surface area contributed by atoms with Crippen LogP contribution in [0.4, 0.5) is 0 Å². The fourth-order valence-corrected chi connectivity index (χ4v) is 6.01. The Morgan fingerprint density at radius 3 is 2.28 bits per heavy atom. The van der Waals surface area contributed by atoms with E-state index in [0.717, 1.165) is 22.5 Å². The summed E-state index contributed by atoms with van der Waals surface area (Å²) in [7, 11) is -3.01. The molecule has 1 unspecified atom stereocenters. The number of carbonyl (C=O) groups excluding carboxylic acids is 1. The van der Waals surface area contributed by atoms with Crippen molar-refractivity contribution in [1.82, 2.24) is 4.57 Å². The summed E-state index contributed by atoms with van der Waals surface area (Å²) in [4.78, 5) is 12.8. The predicted octanol–water partition coefficient (Wildman–Crippen LogP) is 4.26. The second kappa shape index (κ2) is 8.64. The molecule has 1 aromatic heterocycles. The Kier molecular flexibility index (Phi) is 5.90. The minimum absolute atomic E-state index is 0.0938. The zero-order valence-corrected chi connectivity index (χ0v) is 18.9. The number of nitrogens with zero attached hydrogens (tertiary/aromatic N) is 2. The van der Waals surface area contributed by atoms with Gasteiger partial charge in [-0.25, -0.2) is 8.42 Å². The number of Topliss-reactive ketones (excluding diaryl/α,β-unsaturated/α-hetero) is 1. The lowest BCUT2D eigenvalue weighted by molar-refractivity contribution is 0.0920. The molecule has 2 heterocycles. The van der Waals surface area contributed by atoms with E-state index in [9.17, 15) is 13.2 Å². The number of carbonyl (C=O) groups is 1. The summed E-state index contributed by atoms with van der Waals surface area (Å²) in [5, 5.41) is 8.91. The van der Waals surface area contributed by atoms with Gasteiger partial charge in [-0.05, 0) is 61.7 Å². The van der Waals surface area contributed by atoms with Crippen LogP contribution >= 0.6 is 0 Å². The first kappa shape index (κ1) is 21.8. The van der Waals surface area contributed by atoms with Gasteiger partial charge in [0, 0.05) is 23.0 Å². The van der Waals surface area contributed by atoms with E-state index in [4.69, 9.17) is 10.00 Å². The minimum atomic E-state index is -3.01. The maximum atomic E-state index is 12.8. The summed E-state index contributed by atoms with van der Waals surface area (Å²) in [6.07, 6.45) is 0.578. The summed E-state index contributed by atoms with van der Waals surface area (Å²) in [6.45, 7) is 3.67. The van der Waals surface area contributed by atoms with Gasteiger partial charge < -0.3 is 9.30 Å². The normalized spacial score (nSPS) is 17.1. The van der Waals surface area contributed by atoms with Crippen LogP contribution < -0.4 is 4.74 Å². The van der Waals surface area contributed by atoms with Crippen molar-refractivity contribution in [2.45, 2.75) is 26.3 Å². The van der Waals surface area contributed by atoms with Gasteiger partial charge in [-0.1, -0.05) is 24.3 Å². The lowest BCUT2D eigenvalue weighted by Crippen LogP contribution is -2.16. The van der Waals surface area contributed by atoms with E-state index in [-0.39, 0.29) is 29.9 Å². The maximum Gasteiger partial charge on any atom is 0.202 e. The zero-order valence-electron chi connectivity index (χ0n) is 18.0. The van der Waals surface area contributed by atoms with Crippen molar-refractivity contribution in [3.8, 4) is 22.9 Å². The summed E-state index contributed by atoms with van der Waals surface area (Å²) in [5.41, 5.74) is 4.84. The van der Waals surface area contributed by atoms with E-state index in [0.29, 0.717) is 23.3 Å². The summed E-state index contributed by atoms with van der Waals surface area (Å²) < 4.78 is 31.4. The highest BCUT2D eigenvalue weighted by atomic mass is 32.2. The molecule has 1 atom stereocenters. The van der Waals surface area contributed by atoms with Crippen LogP contribution in [0.25, 0.3) is 11.1 Å². The van der Waals surface area contributed by atoms with E-state index in [2.05, 4.69) is 6.07 Å². The van der Waals surface area contributed by atoms with Gasteiger partial charge in [0.1, 0.15) is 5.75 Å². The van der Waals surface area contributed by atoms with E-state index in [1.807, 2.05) is 60.9 Å². The van der Waals surface area contributed by atoms with Gasteiger partial charge in [0.15, 0.2) is 16.4 Å². The Morgan fingerprint density at radius 1 is 1.09 bits per heavy atom. The van der Waals surface area contributed by atoms with Crippen LogP contribution in [-0.4, -0.2) is 36.9 Å². The van der Waals surface area contributed by atoms with Crippen LogP contribution in [0.5, 0.6) is 5.75 Å². The Bertz CT molecular complexity index is 1300. The van der Waals surface area contributed by atoms with Crippen molar-refractivity contribution in [3.05, 3.63) is 77.1 Å². The molecule has 6 nitrogen and oxygen atoms in total. The molecule has 1 saturated heterocycles. The van der Waals surface area contributed by atoms with Gasteiger partial charge in [0.05, 0.1) is 23.1 Å². The number of hydrogen-bond acceptors (Lipinski definition) is 5. The lowest BCUT2D eigenvalue weighted by Gasteiger charge is -2.16. The molecule has 0 bridgehead atoms. The van der Waals surface area contributed by atoms with Gasteiger partial charge in [-0.15, -0.1) is 0 Å². The standard InChI is InChI=1S/C25H24N2O4S/c1-17-13-24(18(2)27(17)22-11-12-32(29,30)16-22)25(28)15-31-23-9-7-21(8-10-23)20-5-3-19(14-26)4-6-20/h3-10,13,22H,11-12,15-16H2,1-2H3. The number of benzene rings is 2. The molecule has 0 saturated carbocycles. The number of ether oxygens (including phenoxy) is 1. The van der Waals surface area contributed by atoms with Crippen LogP contribution in [0.1, 0.15) is 39.8 Å². The predicted molar refractivity (Wildman–Crippen MR) is 123 cm³/mol. The highest BCUT2D eigenvalue weighted by Crippen LogP contribution is 2.29. The first-order valence-electron chi connectivity index (χ1n) is 10.4. The van der Waals surface area contributed by atoms with Crippen molar-refractivity contribution in [2.75, 3.05) is 18.1 Å². The molecule has 2 aromatic carbocycles. The number of ketones is 1. The molecule has 32 heavy (non-hydrogen) atoms. The van der Waals surface area contributed by atoms with Crippen molar-refractivity contribution < 1.29 is 17.9 Å². The molecule has 1 aliphatic heterocycles. The Morgan fingerprint density at radius 2 is 1.72 bits per heavy atom. The summed E-state index contributed by atoms with van der Waals surface area (Å²) in [6, 6.07) is 18.6. The molecule has 0 amide bonds. The molecular weight excluding hydrogens is 424 g/mol. The number of rotatable bonds is 6. The van der Waals surface area contributed by atoms with Gasteiger partial charge in [-0.3, -0.25) is 4.79 Å². The van der Waals surface area contributed by atoms with Gasteiger partial charge in [0.2, 0.25) is 5.78 Å². The van der Waals surface area contributed by atoms with Gasteiger partial charge in [0.25, 0.3) is 0 Å². The molecule has 0 radical (unpaired) electrons. The molecule has 0 aliphatic carbocycles. The second-order valence-electron chi connectivity index (χ2n) is 8.14. The summed E-state index contributed by atoms with van der Waals surface area (Å²) >= 11 is 0. The van der Waals surface area contributed by atoms with E-state index in [1.54, 1.807) is 12.1 Å². The monoisotopic (exact) mass is 448 g/mol. The largest absolute Gasteiger partial charge is 0.485 e. The van der Waals surface area contributed by atoms with Crippen molar-refractivity contribution in [3.63, 3.8) is 0 Å². The molecule has 0 N–H and O–H groups in total. The van der Waals surface area contributed by atoms with Crippen LogP contribution in [0.2, 0.25) is 0 Å². The third-order valence-corrected chi connectivity index (χ3v) is 7.68. The molecule has 3 aromatic rings. The van der Waals surface area contributed by atoms with E-state index >= 15 is 0 Å². The average molecular weight is 449 g/mol. The highest BCUT2D eigenvalue weighted by Gasteiger charge is 2.31. The minimum Gasteiger partial charge on any atom is -0.485 e. The first-order valence-corrected chi connectivity index (χ1v) is 12.2. The van der Waals surface area contributed by atoms with Gasteiger partial charge in [-0.2, -0.15) is 5.26 Å². The number of hydrogen-bond donors (Lipinski definition) is 0. The third kappa shape index (κ3) is 4.46. The molecule has 1 aliphatic rings. The Hall–Kier alpha value is -3.37. The molecule has 164 valence electrons. The molecule has 4 rings (SSSR count). The van der Waals surface area contributed by atoms with Crippen LogP contribution in [0.3, 0.4) is 0 Å². The highest BCUT2D eigenvalue weighted by molar-refractivity contribution is 7.91. The number of aryl methyl sites for hydroxylation is 1. The molecular formula is C25H24N2O4S. The van der Waals surface area contributed by atoms with Crippen LogP contribution in [0.15, 0.2) is 54.6 Å². The summed E-state index contributed by atoms with van der Waals surface area (Å²) in [5.74, 6) is 0.770. The Balaban J connectivity index is 1.43. The quantitative estimate of drug-likeness (QED) is 0.526. The van der Waals surface area contributed by atoms with Gasteiger partial charge >= 0.3 is 0 Å². The third-order valence-electron chi connectivity index (χ3n) is 5.93. The number of nitriles is 1. The first-order chi connectivity index (χ1) is 15.3. The van der Waals surface area contributed by atoms with Crippen LogP contribution in [0, 0.1) is 25.2 Å². The SMILES string of the molecule is Cc1cc(C(=O)COc2ccc(-c3ccc(C#N)cc3)cc2)c(C)n1C1CCS(=O)(=O)C1. The molecule has 0 spiro atoms.